The third-order valence-corrected chi connectivity index (χ3v) is 4.16. The van der Waals surface area contributed by atoms with Crippen LogP contribution in [0.15, 0.2) is 18.2 Å². The zero-order chi connectivity index (χ0) is 20.4. The minimum absolute atomic E-state index is 0.0672. The predicted octanol–water partition coefficient (Wildman–Crippen LogP) is -0.118. The first-order valence-electron chi connectivity index (χ1n) is 8.18. The van der Waals surface area contributed by atoms with Gasteiger partial charge in [-0.3, -0.25) is 14.4 Å². The first-order chi connectivity index (χ1) is 12.8. The zero-order valence-corrected chi connectivity index (χ0v) is 16.3. The highest BCUT2D eigenvalue weighted by atomic mass is 35.5. The molecule has 1 unspecified atom stereocenters. The lowest BCUT2D eigenvalue weighted by Crippen LogP contribution is -2.44. The van der Waals surface area contributed by atoms with E-state index in [-0.39, 0.29) is 42.6 Å². The van der Waals surface area contributed by atoms with Crippen LogP contribution < -0.4 is 22.1 Å². The Morgan fingerprint density at radius 3 is 2.67 bits per heavy atom. The standard InChI is InChI=1S/C16H24ClN5O4S/c17-10-1-3-13(23)12(7-10)21-14(24)8-20-16(26)11(19)2-4-15(25)22(9-27)6-5-18/h1,3,7,11,23,27H,2,4-6,8-9,18-19H2,(H,20,26)(H,21,24). The Bertz CT molecular complexity index is 676. The van der Waals surface area contributed by atoms with Crippen LogP contribution in [0.2, 0.25) is 5.02 Å². The van der Waals surface area contributed by atoms with Gasteiger partial charge in [-0.2, -0.15) is 12.6 Å². The molecule has 0 spiro atoms. The molecule has 1 aromatic rings. The molecule has 0 aliphatic heterocycles. The molecule has 0 fully saturated rings. The van der Waals surface area contributed by atoms with Crippen LogP contribution in [0.1, 0.15) is 12.8 Å². The smallest absolute Gasteiger partial charge is 0.243 e. The van der Waals surface area contributed by atoms with Crippen molar-refractivity contribution in [2.75, 3.05) is 30.8 Å². The summed E-state index contributed by atoms with van der Waals surface area (Å²) in [5.41, 5.74) is 11.3. The molecule has 11 heteroatoms. The van der Waals surface area contributed by atoms with Crippen LogP contribution in [0, 0.1) is 0 Å². The van der Waals surface area contributed by atoms with Crippen molar-refractivity contribution in [3.63, 3.8) is 0 Å². The van der Waals surface area contributed by atoms with Gasteiger partial charge in [0.1, 0.15) is 5.75 Å². The Labute approximate surface area is 167 Å². The number of thiol groups is 1. The first kappa shape index (κ1) is 23.0. The number of aromatic hydroxyl groups is 1. The van der Waals surface area contributed by atoms with E-state index in [1.807, 2.05) is 0 Å². The van der Waals surface area contributed by atoms with E-state index in [2.05, 4.69) is 23.3 Å². The SMILES string of the molecule is NCCN(CS)C(=O)CCC(N)C(=O)NCC(=O)Nc1cc(Cl)ccc1O. The number of benzene rings is 1. The molecule has 0 saturated heterocycles. The molecule has 0 radical (unpaired) electrons. The van der Waals surface area contributed by atoms with E-state index in [1.54, 1.807) is 0 Å². The minimum atomic E-state index is -0.944. The van der Waals surface area contributed by atoms with Gasteiger partial charge in [-0.15, -0.1) is 0 Å². The minimum Gasteiger partial charge on any atom is -0.506 e. The van der Waals surface area contributed by atoms with Crippen molar-refractivity contribution in [2.45, 2.75) is 18.9 Å². The van der Waals surface area contributed by atoms with Crippen LogP contribution in [0.25, 0.3) is 0 Å². The quantitative estimate of drug-likeness (QED) is 0.177. The maximum atomic E-state index is 12.0. The number of carbonyl (C=O) groups excluding carboxylic acids is 3. The predicted molar refractivity (Wildman–Crippen MR) is 107 cm³/mol. The molecule has 7 N–H and O–H groups in total. The van der Waals surface area contributed by atoms with Crippen LogP contribution in [0.3, 0.4) is 0 Å². The average Bonchev–Trinajstić information content (AvgIpc) is 2.64. The molecular weight excluding hydrogens is 394 g/mol. The highest BCUT2D eigenvalue weighted by molar-refractivity contribution is 7.80. The topological polar surface area (TPSA) is 151 Å². The van der Waals surface area contributed by atoms with Crippen molar-refractivity contribution < 1.29 is 19.5 Å². The van der Waals surface area contributed by atoms with Crippen LogP contribution >= 0.6 is 24.2 Å². The molecule has 150 valence electrons. The second kappa shape index (κ2) is 11.7. The van der Waals surface area contributed by atoms with Gasteiger partial charge in [-0.1, -0.05) is 11.6 Å². The van der Waals surface area contributed by atoms with Gasteiger partial charge < -0.3 is 32.1 Å². The van der Waals surface area contributed by atoms with Gasteiger partial charge in [0, 0.05) is 24.5 Å². The molecule has 0 saturated carbocycles. The molecule has 9 nitrogen and oxygen atoms in total. The van der Waals surface area contributed by atoms with E-state index in [0.717, 1.165) is 0 Å². The molecule has 0 aliphatic carbocycles. The molecular formula is C16H24ClN5O4S. The number of hydrogen-bond acceptors (Lipinski definition) is 7. The number of phenolic OH excluding ortho intramolecular Hbond substituents is 1. The number of halogens is 1. The second-order valence-electron chi connectivity index (χ2n) is 5.66. The Morgan fingerprint density at radius 1 is 1.33 bits per heavy atom. The summed E-state index contributed by atoms with van der Waals surface area (Å²) in [6.45, 7) is 0.346. The summed E-state index contributed by atoms with van der Waals surface area (Å²) in [4.78, 5) is 37.2. The molecule has 0 aliphatic rings. The summed E-state index contributed by atoms with van der Waals surface area (Å²) in [6, 6.07) is 3.24. The number of nitrogens with two attached hydrogens (primary N) is 2. The fourth-order valence-corrected chi connectivity index (χ4v) is 2.57. The van der Waals surface area contributed by atoms with E-state index in [1.165, 1.54) is 23.1 Å². The number of hydrogen-bond donors (Lipinski definition) is 6. The summed E-state index contributed by atoms with van der Waals surface area (Å²) in [6.07, 6.45) is 0.188. The van der Waals surface area contributed by atoms with Crippen LogP contribution in [-0.2, 0) is 14.4 Å². The van der Waals surface area contributed by atoms with Crippen molar-refractivity contribution in [3.05, 3.63) is 23.2 Å². The molecule has 0 aromatic heterocycles. The van der Waals surface area contributed by atoms with Crippen molar-refractivity contribution in [1.82, 2.24) is 10.2 Å². The molecule has 0 heterocycles. The summed E-state index contributed by atoms with van der Waals surface area (Å²) in [5.74, 6) is -1.25. The van der Waals surface area contributed by atoms with Gasteiger partial charge in [0.05, 0.1) is 24.2 Å². The van der Waals surface area contributed by atoms with Gasteiger partial charge in [0.15, 0.2) is 0 Å². The van der Waals surface area contributed by atoms with Crippen molar-refractivity contribution in [1.29, 1.82) is 0 Å². The Balaban J connectivity index is 2.41. The van der Waals surface area contributed by atoms with Gasteiger partial charge >= 0.3 is 0 Å². The van der Waals surface area contributed by atoms with Gasteiger partial charge in [0.2, 0.25) is 17.7 Å². The van der Waals surface area contributed by atoms with Crippen LogP contribution in [-0.4, -0.2) is 59.3 Å². The number of nitrogens with one attached hydrogen (secondary N) is 2. The summed E-state index contributed by atoms with van der Waals surface area (Å²) in [5, 5.41) is 14.8. The van der Waals surface area contributed by atoms with Gasteiger partial charge in [-0.05, 0) is 24.6 Å². The fourth-order valence-electron chi connectivity index (χ4n) is 2.10. The number of carbonyl (C=O) groups is 3. The largest absolute Gasteiger partial charge is 0.506 e. The lowest BCUT2D eigenvalue weighted by molar-refractivity contribution is -0.130. The third-order valence-electron chi connectivity index (χ3n) is 3.58. The van der Waals surface area contributed by atoms with Crippen LogP contribution in [0.5, 0.6) is 5.75 Å². The number of rotatable bonds is 10. The summed E-state index contributed by atoms with van der Waals surface area (Å²) in [7, 11) is 0. The summed E-state index contributed by atoms with van der Waals surface area (Å²) >= 11 is 9.84. The van der Waals surface area contributed by atoms with E-state index in [0.29, 0.717) is 18.1 Å². The molecule has 1 rings (SSSR count). The average molecular weight is 418 g/mol. The number of amides is 3. The normalized spacial score (nSPS) is 11.6. The maximum Gasteiger partial charge on any atom is 0.243 e. The van der Waals surface area contributed by atoms with Crippen molar-refractivity contribution in [2.24, 2.45) is 11.5 Å². The van der Waals surface area contributed by atoms with Crippen molar-refractivity contribution in [3.8, 4) is 5.75 Å². The van der Waals surface area contributed by atoms with E-state index in [9.17, 15) is 19.5 Å². The Morgan fingerprint density at radius 2 is 2.04 bits per heavy atom. The number of anilines is 1. The van der Waals surface area contributed by atoms with E-state index in [4.69, 9.17) is 23.1 Å². The molecule has 1 atom stereocenters. The monoisotopic (exact) mass is 417 g/mol. The molecule has 1 aromatic carbocycles. The Kier molecular flexibility index (Phi) is 9.94. The number of phenols is 1. The summed E-state index contributed by atoms with van der Waals surface area (Å²) < 4.78 is 0. The van der Waals surface area contributed by atoms with E-state index < -0.39 is 17.9 Å². The maximum absolute atomic E-state index is 12.0. The second-order valence-corrected chi connectivity index (χ2v) is 6.38. The highest BCUT2D eigenvalue weighted by Gasteiger charge is 2.18. The fraction of sp³-hybridized carbons (Fsp3) is 0.438. The van der Waals surface area contributed by atoms with E-state index >= 15 is 0 Å². The van der Waals surface area contributed by atoms with Crippen LogP contribution in [0.4, 0.5) is 5.69 Å². The van der Waals surface area contributed by atoms with Crippen molar-refractivity contribution >= 4 is 47.6 Å². The number of nitrogens with zero attached hydrogens (tertiary/aromatic N) is 1. The van der Waals surface area contributed by atoms with Gasteiger partial charge in [0.25, 0.3) is 0 Å². The third kappa shape index (κ3) is 8.04. The first-order valence-corrected chi connectivity index (χ1v) is 9.19. The Hall–Kier alpha value is -2.01. The zero-order valence-electron chi connectivity index (χ0n) is 14.7. The van der Waals surface area contributed by atoms with Gasteiger partial charge in [-0.25, -0.2) is 0 Å². The molecule has 0 bridgehead atoms. The molecule has 3 amide bonds. The lowest BCUT2D eigenvalue weighted by atomic mass is 10.1. The highest BCUT2D eigenvalue weighted by Crippen LogP contribution is 2.26. The molecule has 27 heavy (non-hydrogen) atoms. The lowest BCUT2D eigenvalue weighted by Gasteiger charge is -2.20.